The lowest BCUT2D eigenvalue weighted by molar-refractivity contribution is -0.913. The fraction of sp³-hybridized carbons (Fsp3) is 0.625. The Labute approximate surface area is 137 Å². The number of hydrogen-bond donors (Lipinski definition) is 0. The molecule has 1 unspecified atom stereocenters. The lowest BCUT2D eigenvalue weighted by atomic mass is 9.98. The Morgan fingerprint density at radius 3 is 2.32 bits per heavy atom. The van der Waals surface area contributed by atoms with Crippen LogP contribution < -0.4 is 24.0 Å². The van der Waals surface area contributed by atoms with Crippen LogP contribution in [0.15, 0.2) is 24.3 Å². The van der Waals surface area contributed by atoms with E-state index in [0.29, 0.717) is 0 Å². The molecule has 1 aromatic carbocycles. The van der Waals surface area contributed by atoms with Gasteiger partial charge in [-0.2, -0.15) is 0 Å². The maximum atomic E-state index is 2.50. The van der Waals surface area contributed by atoms with E-state index in [1.807, 2.05) is 0 Å². The zero-order valence-electron chi connectivity index (χ0n) is 12.9. The molecule has 0 aliphatic carbocycles. The van der Waals surface area contributed by atoms with Crippen LogP contribution in [-0.4, -0.2) is 32.3 Å². The second kappa shape index (κ2) is 6.72. The average Bonchev–Trinajstić information content (AvgIpc) is 2.21. The van der Waals surface area contributed by atoms with E-state index >= 15 is 0 Å². The molecule has 0 fully saturated rings. The Morgan fingerprint density at radius 2 is 1.68 bits per heavy atom. The first-order valence-corrected chi connectivity index (χ1v) is 11.0. The average molecular weight is 389 g/mol. The standard InChI is InChI=1S/C16H28NSi.HI/c1-17(14-18(2,3)4)12-8-7-10-15-9-5-6-11-16(15)13-17;/h5-6,9,11H,7-8,10,12-14H2,1-4H3;1H/q+1;/p-1. The fourth-order valence-electron chi connectivity index (χ4n) is 3.54. The summed E-state index contributed by atoms with van der Waals surface area (Å²) in [5.74, 6) is 0. The van der Waals surface area contributed by atoms with E-state index in [1.54, 1.807) is 11.1 Å². The fourth-order valence-corrected chi connectivity index (χ4v) is 6.10. The summed E-state index contributed by atoms with van der Waals surface area (Å²) in [7, 11) is 1.47. The maximum Gasteiger partial charge on any atom is 0.110 e. The van der Waals surface area contributed by atoms with Crippen LogP contribution in [0, 0.1) is 0 Å². The van der Waals surface area contributed by atoms with Crippen molar-refractivity contribution in [3.63, 3.8) is 0 Å². The predicted octanol–water partition coefficient (Wildman–Crippen LogP) is 0.851. The first-order valence-electron chi connectivity index (χ1n) is 7.28. The van der Waals surface area contributed by atoms with Gasteiger partial charge in [0.05, 0.1) is 19.8 Å². The van der Waals surface area contributed by atoms with E-state index in [1.165, 1.54) is 43.0 Å². The third-order valence-electron chi connectivity index (χ3n) is 3.92. The number of rotatable bonds is 2. The molecule has 1 aliphatic heterocycles. The highest BCUT2D eigenvalue weighted by atomic mass is 127. The topological polar surface area (TPSA) is 0 Å². The Morgan fingerprint density at radius 1 is 1.05 bits per heavy atom. The second-order valence-electron chi connectivity index (χ2n) is 7.45. The van der Waals surface area contributed by atoms with Crippen LogP contribution in [0.5, 0.6) is 0 Å². The highest BCUT2D eigenvalue weighted by Crippen LogP contribution is 2.24. The minimum atomic E-state index is -1.00. The molecule has 0 spiro atoms. The molecule has 0 amide bonds. The Bertz CT molecular complexity index is 413. The number of quaternary nitrogens is 1. The molecule has 0 radical (unpaired) electrons. The van der Waals surface area contributed by atoms with Crippen molar-refractivity contribution >= 4 is 8.07 Å². The number of fused-ring (bicyclic) bond motifs is 1. The minimum absolute atomic E-state index is 0. The number of aryl methyl sites for hydroxylation is 1. The van der Waals surface area contributed by atoms with E-state index in [-0.39, 0.29) is 24.0 Å². The third kappa shape index (κ3) is 5.19. The summed E-state index contributed by atoms with van der Waals surface area (Å²) < 4.78 is 1.26. The van der Waals surface area contributed by atoms with Gasteiger partial charge in [0.25, 0.3) is 0 Å². The van der Waals surface area contributed by atoms with Crippen molar-refractivity contribution in [3.8, 4) is 0 Å². The molecule has 0 aromatic heterocycles. The van der Waals surface area contributed by atoms with E-state index < -0.39 is 8.07 Å². The van der Waals surface area contributed by atoms with Crippen molar-refractivity contribution in [2.45, 2.75) is 45.4 Å². The molecule has 0 bridgehead atoms. The minimum Gasteiger partial charge on any atom is -1.00 e. The molecule has 2 rings (SSSR count). The van der Waals surface area contributed by atoms with Gasteiger partial charge in [-0.25, -0.2) is 0 Å². The Kier molecular flexibility index (Phi) is 6.08. The van der Waals surface area contributed by atoms with Crippen LogP contribution in [0.2, 0.25) is 19.6 Å². The molecule has 0 saturated carbocycles. The molecule has 19 heavy (non-hydrogen) atoms. The summed E-state index contributed by atoms with van der Waals surface area (Å²) in [6.07, 6.45) is 5.43. The quantitative estimate of drug-likeness (QED) is 0.400. The van der Waals surface area contributed by atoms with Crippen molar-refractivity contribution in [3.05, 3.63) is 35.4 Å². The van der Waals surface area contributed by atoms with Gasteiger partial charge in [-0.1, -0.05) is 43.9 Å². The van der Waals surface area contributed by atoms with Gasteiger partial charge in [-0.15, -0.1) is 0 Å². The predicted molar refractivity (Wildman–Crippen MR) is 82.3 cm³/mol. The van der Waals surface area contributed by atoms with Crippen molar-refractivity contribution in [2.24, 2.45) is 0 Å². The molecule has 1 atom stereocenters. The second-order valence-corrected chi connectivity index (χ2v) is 12.9. The molecule has 0 N–H and O–H groups in total. The SMILES string of the molecule is C[N+]1(C[Si](C)(C)C)CCCCc2ccccc2C1.[I-]. The largest absolute Gasteiger partial charge is 1.00 e. The molecule has 1 aliphatic rings. The van der Waals surface area contributed by atoms with Gasteiger partial charge in [0.15, 0.2) is 0 Å². The van der Waals surface area contributed by atoms with Gasteiger partial charge >= 0.3 is 0 Å². The summed E-state index contributed by atoms with van der Waals surface area (Å²) in [6.45, 7) is 10.1. The molecule has 108 valence electrons. The van der Waals surface area contributed by atoms with E-state index in [0.717, 1.165) is 0 Å². The molecule has 1 nitrogen and oxygen atoms in total. The first kappa shape index (κ1) is 17.2. The summed E-state index contributed by atoms with van der Waals surface area (Å²) in [4.78, 5) is 0. The lowest BCUT2D eigenvalue weighted by Crippen LogP contribution is -3.00. The Balaban J connectivity index is 0.00000180. The number of nitrogens with zero attached hydrogens (tertiary/aromatic N) is 1. The lowest BCUT2D eigenvalue weighted by Gasteiger charge is -2.40. The van der Waals surface area contributed by atoms with Crippen molar-refractivity contribution in [1.82, 2.24) is 0 Å². The summed E-state index contributed by atoms with van der Waals surface area (Å²) >= 11 is 0. The van der Waals surface area contributed by atoms with Gasteiger partial charge in [-0.3, -0.25) is 0 Å². The molecular formula is C16H28INSi. The zero-order valence-corrected chi connectivity index (χ0v) is 16.0. The Hall–Kier alpha value is 0.127. The van der Waals surface area contributed by atoms with E-state index in [9.17, 15) is 0 Å². The van der Waals surface area contributed by atoms with Gasteiger partial charge in [0.1, 0.15) is 14.6 Å². The van der Waals surface area contributed by atoms with Gasteiger partial charge < -0.3 is 28.5 Å². The van der Waals surface area contributed by atoms with Crippen LogP contribution in [-0.2, 0) is 13.0 Å². The van der Waals surface area contributed by atoms with Crippen molar-refractivity contribution in [2.75, 3.05) is 19.8 Å². The summed E-state index contributed by atoms with van der Waals surface area (Å²) in [5, 5.41) is 0. The number of halogens is 1. The van der Waals surface area contributed by atoms with Crippen molar-refractivity contribution in [1.29, 1.82) is 0 Å². The van der Waals surface area contributed by atoms with Crippen LogP contribution in [0.1, 0.15) is 24.0 Å². The molecular weight excluding hydrogens is 361 g/mol. The van der Waals surface area contributed by atoms with Gasteiger partial charge in [0, 0.05) is 5.56 Å². The molecule has 1 aromatic rings. The number of benzene rings is 1. The van der Waals surface area contributed by atoms with Gasteiger partial charge in [-0.05, 0) is 24.8 Å². The highest BCUT2D eigenvalue weighted by Gasteiger charge is 2.31. The van der Waals surface area contributed by atoms with E-state index in [4.69, 9.17) is 0 Å². The maximum absolute atomic E-state index is 2.50. The smallest absolute Gasteiger partial charge is 0.110 e. The molecule has 0 saturated heterocycles. The van der Waals surface area contributed by atoms with Crippen LogP contribution in [0.4, 0.5) is 0 Å². The third-order valence-corrected chi connectivity index (χ3v) is 5.63. The normalized spacial score (nSPS) is 23.8. The van der Waals surface area contributed by atoms with Crippen LogP contribution >= 0.6 is 0 Å². The monoisotopic (exact) mass is 389 g/mol. The van der Waals surface area contributed by atoms with Crippen molar-refractivity contribution < 1.29 is 28.5 Å². The summed E-state index contributed by atoms with van der Waals surface area (Å²) in [5.41, 5.74) is 3.19. The van der Waals surface area contributed by atoms with Crippen LogP contribution in [0.3, 0.4) is 0 Å². The molecule has 1 heterocycles. The highest BCUT2D eigenvalue weighted by molar-refractivity contribution is 6.75. The number of hydrogen-bond acceptors (Lipinski definition) is 0. The zero-order chi connectivity index (χ0) is 13.2. The summed E-state index contributed by atoms with van der Waals surface area (Å²) in [6, 6.07) is 9.09. The van der Waals surface area contributed by atoms with E-state index in [2.05, 4.69) is 51.0 Å². The van der Waals surface area contributed by atoms with Crippen LogP contribution in [0.25, 0.3) is 0 Å². The van der Waals surface area contributed by atoms with Gasteiger partial charge in [0.2, 0.25) is 0 Å². The molecule has 3 heteroatoms. The first-order chi connectivity index (χ1) is 8.38.